The summed E-state index contributed by atoms with van der Waals surface area (Å²) in [5.41, 5.74) is 0.576. The minimum Gasteiger partial charge on any atom is -0.465 e. The van der Waals surface area contributed by atoms with Crippen LogP contribution in [0.5, 0.6) is 0 Å². The monoisotopic (exact) mass is 363 g/mol. The maximum atomic E-state index is 12.6. The van der Waals surface area contributed by atoms with Crippen LogP contribution >= 0.6 is 22.9 Å². The Morgan fingerprint density at radius 2 is 2.08 bits per heavy atom. The minimum absolute atomic E-state index is 0.385. The van der Waals surface area contributed by atoms with E-state index in [1.54, 1.807) is 28.5 Å². The molecule has 0 amide bonds. The number of anilines is 1. The molecule has 0 aliphatic rings. The lowest BCUT2D eigenvalue weighted by atomic mass is 10.2. The van der Waals surface area contributed by atoms with Crippen LogP contribution in [-0.2, 0) is 4.74 Å². The van der Waals surface area contributed by atoms with Crippen LogP contribution in [-0.4, -0.2) is 36.7 Å². The predicted molar refractivity (Wildman–Crippen MR) is 95.9 cm³/mol. The van der Waals surface area contributed by atoms with Gasteiger partial charge in [-0.3, -0.25) is 4.57 Å². The summed E-state index contributed by atoms with van der Waals surface area (Å²) in [5, 5.41) is 3.52. The standard InChI is InChI=1S/C16H14ClN3O3S/c1-19(2)14-11-5-4-10(17)7-12(11)20(16(22)18-14)13-6-9(8-24-13)15(21)23-3/h4-8H,1-3H3. The second kappa shape index (κ2) is 6.26. The Morgan fingerprint density at radius 1 is 1.33 bits per heavy atom. The zero-order chi connectivity index (χ0) is 17.4. The number of hydrogen-bond donors (Lipinski definition) is 0. The number of benzene rings is 1. The van der Waals surface area contributed by atoms with Gasteiger partial charge < -0.3 is 9.64 Å². The van der Waals surface area contributed by atoms with Gasteiger partial charge in [0.05, 0.1) is 18.2 Å². The lowest BCUT2D eigenvalue weighted by Crippen LogP contribution is -2.25. The van der Waals surface area contributed by atoms with Gasteiger partial charge in [0.15, 0.2) is 0 Å². The van der Waals surface area contributed by atoms with Crippen LogP contribution in [0.3, 0.4) is 0 Å². The number of ether oxygens (including phenoxy) is 1. The largest absolute Gasteiger partial charge is 0.465 e. The molecule has 3 rings (SSSR count). The average molecular weight is 364 g/mol. The van der Waals surface area contributed by atoms with Gasteiger partial charge in [0.2, 0.25) is 0 Å². The molecule has 2 aromatic heterocycles. The SMILES string of the molecule is COC(=O)c1csc(-n2c(=O)nc(N(C)C)c3ccc(Cl)cc32)c1. The van der Waals surface area contributed by atoms with Crippen LogP contribution in [0.15, 0.2) is 34.4 Å². The molecule has 0 fully saturated rings. The molecule has 0 aliphatic heterocycles. The number of halogens is 1. The minimum atomic E-state index is -0.453. The fourth-order valence-corrected chi connectivity index (χ4v) is 3.46. The Morgan fingerprint density at radius 3 is 2.75 bits per heavy atom. The maximum absolute atomic E-state index is 12.6. The number of fused-ring (bicyclic) bond motifs is 1. The van der Waals surface area contributed by atoms with Crippen molar-refractivity contribution in [2.24, 2.45) is 0 Å². The highest BCUT2D eigenvalue weighted by molar-refractivity contribution is 7.12. The van der Waals surface area contributed by atoms with E-state index < -0.39 is 11.7 Å². The van der Waals surface area contributed by atoms with Crippen LogP contribution in [0.25, 0.3) is 15.9 Å². The summed E-state index contributed by atoms with van der Waals surface area (Å²) in [6, 6.07) is 6.90. The molecule has 3 aromatic rings. The first-order valence-electron chi connectivity index (χ1n) is 6.99. The van der Waals surface area contributed by atoms with Gasteiger partial charge in [0.25, 0.3) is 0 Å². The maximum Gasteiger partial charge on any atom is 0.355 e. The van der Waals surface area contributed by atoms with E-state index in [4.69, 9.17) is 16.3 Å². The van der Waals surface area contributed by atoms with Crippen LogP contribution < -0.4 is 10.6 Å². The number of hydrogen-bond acceptors (Lipinski definition) is 6. The Kier molecular flexibility index (Phi) is 4.29. The summed E-state index contributed by atoms with van der Waals surface area (Å²) in [6.45, 7) is 0. The molecule has 6 nitrogen and oxygen atoms in total. The second-order valence-corrected chi connectivity index (χ2v) is 6.60. The molecule has 0 saturated heterocycles. The number of nitrogens with zero attached hydrogens (tertiary/aromatic N) is 3. The fourth-order valence-electron chi connectivity index (χ4n) is 2.40. The van der Waals surface area contributed by atoms with E-state index >= 15 is 0 Å². The molecule has 0 spiro atoms. The number of rotatable bonds is 3. The highest BCUT2D eigenvalue weighted by Gasteiger charge is 2.16. The molecule has 0 saturated carbocycles. The quantitative estimate of drug-likeness (QED) is 0.669. The van der Waals surface area contributed by atoms with Gasteiger partial charge in [-0.15, -0.1) is 11.3 Å². The molecule has 0 radical (unpaired) electrons. The van der Waals surface area contributed by atoms with Gasteiger partial charge in [0, 0.05) is 29.9 Å². The van der Waals surface area contributed by atoms with E-state index in [1.807, 2.05) is 20.2 Å². The van der Waals surface area contributed by atoms with Gasteiger partial charge >= 0.3 is 11.7 Å². The van der Waals surface area contributed by atoms with Gasteiger partial charge in [-0.2, -0.15) is 4.98 Å². The molecule has 0 bridgehead atoms. The first-order valence-corrected chi connectivity index (χ1v) is 8.25. The normalized spacial score (nSPS) is 10.8. The van der Waals surface area contributed by atoms with Gasteiger partial charge in [-0.1, -0.05) is 11.6 Å². The first kappa shape index (κ1) is 16.5. The molecule has 24 heavy (non-hydrogen) atoms. The van der Waals surface area contributed by atoms with Crippen molar-refractivity contribution < 1.29 is 9.53 Å². The van der Waals surface area contributed by atoms with E-state index in [0.717, 1.165) is 5.39 Å². The van der Waals surface area contributed by atoms with Gasteiger partial charge in [-0.05, 0) is 24.3 Å². The van der Waals surface area contributed by atoms with Crippen LogP contribution in [0.2, 0.25) is 5.02 Å². The Hall–Kier alpha value is -2.38. The highest BCUT2D eigenvalue weighted by atomic mass is 35.5. The zero-order valence-electron chi connectivity index (χ0n) is 13.2. The van der Waals surface area contributed by atoms with Crippen molar-refractivity contribution in [2.45, 2.75) is 0 Å². The summed E-state index contributed by atoms with van der Waals surface area (Å²) < 4.78 is 6.16. The molecule has 0 N–H and O–H groups in total. The third-order valence-electron chi connectivity index (χ3n) is 3.49. The van der Waals surface area contributed by atoms with Crippen LogP contribution in [0, 0.1) is 0 Å². The number of thiophene rings is 1. The number of aromatic nitrogens is 2. The third-order valence-corrected chi connectivity index (χ3v) is 4.63. The van der Waals surface area contributed by atoms with Crippen LogP contribution in [0.4, 0.5) is 5.82 Å². The smallest absolute Gasteiger partial charge is 0.355 e. The molecule has 1 aromatic carbocycles. The molecule has 2 heterocycles. The van der Waals surface area contributed by atoms with E-state index in [-0.39, 0.29) is 0 Å². The summed E-state index contributed by atoms with van der Waals surface area (Å²) in [6.07, 6.45) is 0. The van der Waals surface area contributed by atoms with E-state index in [1.165, 1.54) is 23.0 Å². The number of carbonyl (C=O) groups excluding carboxylic acids is 1. The summed E-state index contributed by atoms with van der Waals surface area (Å²) in [5.74, 6) is 0.110. The molecule has 0 atom stereocenters. The number of carbonyl (C=O) groups is 1. The second-order valence-electron chi connectivity index (χ2n) is 5.27. The van der Waals surface area contributed by atoms with E-state index in [2.05, 4.69) is 4.98 Å². The van der Waals surface area contributed by atoms with Crippen molar-refractivity contribution >= 4 is 45.6 Å². The fraction of sp³-hybridized carbons (Fsp3) is 0.188. The number of esters is 1. The van der Waals surface area contributed by atoms with E-state index in [9.17, 15) is 9.59 Å². The molecular weight excluding hydrogens is 350 g/mol. The van der Waals surface area contributed by atoms with E-state index in [0.29, 0.717) is 26.9 Å². The van der Waals surface area contributed by atoms with Crippen molar-refractivity contribution in [3.8, 4) is 5.00 Å². The van der Waals surface area contributed by atoms with Crippen molar-refractivity contribution in [1.29, 1.82) is 0 Å². The van der Waals surface area contributed by atoms with Crippen molar-refractivity contribution in [2.75, 3.05) is 26.1 Å². The zero-order valence-corrected chi connectivity index (χ0v) is 14.8. The van der Waals surface area contributed by atoms with Gasteiger partial charge in [-0.25, -0.2) is 9.59 Å². The summed E-state index contributed by atoms with van der Waals surface area (Å²) >= 11 is 7.38. The molecule has 0 aliphatic carbocycles. The lowest BCUT2D eigenvalue weighted by molar-refractivity contribution is 0.0601. The Balaban J connectivity index is 2.32. The molecule has 124 valence electrons. The number of methoxy groups -OCH3 is 1. The first-order chi connectivity index (χ1) is 11.4. The van der Waals surface area contributed by atoms with Crippen molar-refractivity contribution in [1.82, 2.24) is 9.55 Å². The molecule has 0 unspecified atom stereocenters. The van der Waals surface area contributed by atoms with Crippen molar-refractivity contribution in [3.63, 3.8) is 0 Å². The Labute approximate surface area is 146 Å². The third kappa shape index (κ3) is 2.76. The molecule has 8 heteroatoms. The van der Waals surface area contributed by atoms with Crippen molar-refractivity contribution in [3.05, 3.63) is 50.7 Å². The predicted octanol–water partition coefficient (Wildman–Crippen LogP) is 2.95. The average Bonchev–Trinajstić information content (AvgIpc) is 3.02. The lowest BCUT2D eigenvalue weighted by Gasteiger charge is -2.16. The summed E-state index contributed by atoms with van der Waals surface area (Å²) in [7, 11) is 4.95. The Bertz CT molecular complexity index is 994. The van der Waals surface area contributed by atoms with Crippen LogP contribution in [0.1, 0.15) is 10.4 Å². The van der Waals surface area contributed by atoms with Gasteiger partial charge in [0.1, 0.15) is 10.8 Å². The highest BCUT2D eigenvalue weighted by Crippen LogP contribution is 2.28. The molecular formula is C16H14ClN3O3S. The topological polar surface area (TPSA) is 64.4 Å². The summed E-state index contributed by atoms with van der Waals surface area (Å²) in [4.78, 5) is 30.2.